The Kier molecular flexibility index (Phi) is 4.69. The highest BCUT2D eigenvalue weighted by Gasteiger charge is 2.32. The van der Waals surface area contributed by atoms with Gasteiger partial charge in [-0.2, -0.15) is 0 Å². The van der Waals surface area contributed by atoms with Crippen molar-refractivity contribution in [3.05, 3.63) is 0 Å². The standard InChI is InChI=1S/C13H18O8/c14-12(20-6-9-3-17-9)1-11(19-5-8-2-16-8)13(15)21-7-10-4-18-10/h8-11H,1-7H2. The normalized spacial score (nSPS) is 30.4. The van der Waals surface area contributed by atoms with Gasteiger partial charge in [0, 0.05) is 0 Å². The Morgan fingerprint density at radius 3 is 2.00 bits per heavy atom. The highest BCUT2D eigenvalue weighted by molar-refractivity contribution is 5.81. The molecule has 3 saturated heterocycles. The van der Waals surface area contributed by atoms with Gasteiger partial charge in [0.25, 0.3) is 0 Å². The third-order valence-electron chi connectivity index (χ3n) is 3.15. The van der Waals surface area contributed by atoms with E-state index >= 15 is 0 Å². The Morgan fingerprint density at radius 2 is 1.43 bits per heavy atom. The van der Waals surface area contributed by atoms with Crippen LogP contribution in [0, 0.1) is 0 Å². The first-order chi connectivity index (χ1) is 10.2. The maximum atomic E-state index is 11.9. The summed E-state index contributed by atoms with van der Waals surface area (Å²) >= 11 is 0. The molecule has 0 aromatic rings. The summed E-state index contributed by atoms with van der Waals surface area (Å²) < 4.78 is 30.4. The Balaban J connectivity index is 1.41. The molecule has 4 atom stereocenters. The summed E-state index contributed by atoms with van der Waals surface area (Å²) in [5, 5.41) is 0. The van der Waals surface area contributed by atoms with Gasteiger partial charge >= 0.3 is 11.9 Å². The molecule has 8 nitrogen and oxygen atoms in total. The van der Waals surface area contributed by atoms with Crippen LogP contribution in [-0.4, -0.2) is 76.0 Å². The number of carbonyl (C=O) groups is 2. The summed E-state index contributed by atoms with van der Waals surface area (Å²) in [6, 6.07) is 0. The number of epoxide rings is 3. The maximum absolute atomic E-state index is 11.9. The first kappa shape index (κ1) is 14.7. The molecular weight excluding hydrogens is 284 g/mol. The van der Waals surface area contributed by atoms with Gasteiger partial charge in [-0.3, -0.25) is 4.79 Å². The molecule has 3 heterocycles. The Hall–Kier alpha value is -1.22. The van der Waals surface area contributed by atoms with Crippen molar-refractivity contribution in [3.63, 3.8) is 0 Å². The van der Waals surface area contributed by atoms with E-state index in [1.807, 2.05) is 0 Å². The Labute approximate surface area is 121 Å². The van der Waals surface area contributed by atoms with Gasteiger partial charge in [0.2, 0.25) is 0 Å². The van der Waals surface area contributed by atoms with E-state index in [0.29, 0.717) is 19.8 Å². The third kappa shape index (κ3) is 5.58. The first-order valence-electron chi connectivity index (χ1n) is 6.99. The SMILES string of the molecule is O=C(CC(OCC1CO1)C(=O)OCC1CO1)OCC1CO1. The molecule has 0 aromatic heterocycles. The molecule has 3 fully saturated rings. The predicted octanol–water partition coefficient (Wildman–Crippen LogP) is -0.955. The van der Waals surface area contributed by atoms with Gasteiger partial charge in [-0.25, -0.2) is 4.79 Å². The summed E-state index contributed by atoms with van der Waals surface area (Å²) in [5.41, 5.74) is 0. The van der Waals surface area contributed by atoms with Crippen LogP contribution in [0.15, 0.2) is 0 Å². The van der Waals surface area contributed by atoms with Crippen LogP contribution in [0.4, 0.5) is 0 Å². The van der Waals surface area contributed by atoms with Gasteiger partial charge < -0.3 is 28.4 Å². The van der Waals surface area contributed by atoms with Crippen LogP contribution in [0.1, 0.15) is 6.42 Å². The van der Waals surface area contributed by atoms with E-state index in [4.69, 9.17) is 28.4 Å². The summed E-state index contributed by atoms with van der Waals surface area (Å²) in [7, 11) is 0. The molecule has 4 unspecified atom stereocenters. The number of esters is 2. The van der Waals surface area contributed by atoms with E-state index in [1.165, 1.54) is 0 Å². The number of hydrogen-bond acceptors (Lipinski definition) is 8. The molecule has 0 amide bonds. The van der Waals surface area contributed by atoms with Crippen LogP contribution < -0.4 is 0 Å². The summed E-state index contributed by atoms with van der Waals surface area (Å²) in [4.78, 5) is 23.6. The van der Waals surface area contributed by atoms with Crippen LogP contribution in [-0.2, 0) is 38.0 Å². The molecule has 3 rings (SSSR count). The van der Waals surface area contributed by atoms with Crippen molar-refractivity contribution in [1.82, 2.24) is 0 Å². The van der Waals surface area contributed by atoms with Crippen LogP contribution in [0.5, 0.6) is 0 Å². The van der Waals surface area contributed by atoms with E-state index in [0.717, 1.165) is 0 Å². The number of hydrogen-bond donors (Lipinski definition) is 0. The van der Waals surface area contributed by atoms with Gasteiger partial charge in [-0.15, -0.1) is 0 Å². The summed E-state index contributed by atoms with van der Waals surface area (Å²) in [6.07, 6.45) is -1.18. The second kappa shape index (κ2) is 6.69. The topological polar surface area (TPSA) is 99.4 Å². The zero-order chi connectivity index (χ0) is 14.7. The Morgan fingerprint density at radius 1 is 0.905 bits per heavy atom. The lowest BCUT2D eigenvalue weighted by atomic mass is 10.2. The van der Waals surface area contributed by atoms with Crippen molar-refractivity contribution in [3.8, 4) is 0 Å². The average Bonchev–Trinajstić information content (AvgIpc) is 3.33. The van der Waals surface area contributed by atoms with E-state index in [2.05, 4.69) is 0 Å². The number of ether oxygens (including phenoxy) is 6. The molecular formula is C13H18O8. The molecule has 8 heteroatoms. The second-order valence-electron chi connectivity index (χ2n) is 5.21. The lowest BCUT2D eigenvalue weighted by Gasteiger charge is -2.15. The maximum Gasteiger partial charge on any atom is 0.335 e. The number of carbonyl (C=O) groups excluding carboxylic acids is 2. The highest BCUT2D eigenvalue weighted by Crippen LogP contribution is 2.15. The summed E-state index contributed by atoms with van der Waals surface area (Å²) in [5.74, 6) is -1.09. The van der Waals surface area contributed by atoms with Crippen molar-refractivity contribution >= 4 is 11.9 Å². The van der Waals surface area contributed by atoms with Crippen LogP contribution in [0.2, 0.25) is 0 Å². The predicted molar refractivity (Wildman–Crippen MR) is 65.5 cm³/mol. The monoisotopic (exact) mass is 302 g/mol. The minimum Gasteiger partial charge on any atom is -0.463 e. The van der Waals surface area contributed by atoms with Crippen molar-refractivity contribution < 1.29 is 38.0 Å². The molecule has 0 aromatic carbocycles. The Bertz CT molecular complexity index is 386. The smallest absolute Gasteiger partial charge is 0.335 e. The van der Waals surface area contributed by atoms with Crippen LogP contribution in [0.3, 0.4) is 0 Å². The van der Waals surface area contributed by atoms with Crippen LogP contribution >= 0.6 is 0 Å². The second-order valence-corrected chi connectivity index (χ2v) is 5.21. The minimum absolute atomic E-state index is 0.00273. The molecule has 0 spiro atoms. The summed E-state index contributed by atoms with van der Waals surface area (Å²) in [6.45, 7) is 2.47. The molecule has 0 radical (unpaired) electrons. The quantitative estimate of drug-likeness (QED) is 0.376. The van der Waals surface area contributed by atoms with Crippen molar-refractivity contribution in [1.29, 1.82) is 0 Å². The fourth-order valence-corrected chi connectivity index (χ4v) is 1.59. The van der Waals surface area contributed by atoms with Gasteiger partial charge in [-0.1, -0.05) is 0 Å². The fraction of sp³-hybridized carbons (Fsp3) is 0.846. The van der Waals surface area contributed by atoms with Gasteiger partial charge in [0.1, 0.15) is 31.5 Å². The molecule has 0 bridgehead atoms. The van der Waals surface area contributed by atoms with Crippen molar-refractivity contribution in [2.75, 3.05) is 39.6 Å². The largest absolute Gasteiger partial charge is 0.463 e. The van der Waals surface area contributed by atoms with Gasteiger partial charge in [0.15, 0.2) is 6.10 Å². The minimum atomic E-state index is -0.972. The lowest BCUT2D eigenvalue weighted by Crippen LogP contribution is -2.32. The van der Waals surface area contributed by atoms with E-state index in [1.54, 1.807) is 0 Å². The zero-order valence-corrected chi connectivity index (χ0v) is 11.5. The molecule has 0 aliphatic carbocycles. The number of rotatable bonds is 10. The molecule has 0 saturated carbocycles. The highest BCUT2D eigenvalue weighted by atomic mass is 16.6. The van der Waals surface area contributed by atoms with Crippen LogP contribution in [0.25, 0.3) is 0 Å². The fourth-order valence-electron chi connectivity index (χ4n) is 1.59. The van der Waals surface area contributed by atoms with Crippen molar-refractivity contribution in [2.24, 2.45) is 0 Å². The van der Waals surface area contributed by atoms with Gasteiger partial charge in [0.05, 0.1) is 32.8 Å². The van der Waals surface area contributed by atoms with Crippen molar-refractivity contribution in [2.45, 2.75) is 30.8 Å². The average molecular weight is 302 g/mol. The third-order valence-corrected chi connectivity index (χ3v) is 3.15. The first-order valence-corrected chi connectivity index (χ1v) is 6.99. The molecule has 3 aliphatic heterocycles. The lowest BCUT2D eigenvalue weighted by molar-refractivity contribution is -0.164. The van der Waals surface area contributed by atoms with E-state index < -0.39 is 18.0 Å². The molecule has 0 N–H and O–H groups in total. The van der Waals surface area contributed by atoms with E-state index in [9.17, 15) is 9.59 Å². The molecule has 118 valence electrons. The zero-order valence-electron chi connectivity index (χ0n) is 11.5. The van der Waals surface area contributed by atoms with Gasteiger partial charge in [-0.05, 0) is 0 Å². The molecule has 21 heavy (non-hydrogen) atoms. The van der Waals surface area contributed by atoms with E-state index in [-0.39, 0.29) is 44.6 Å². The molecule has 3 aliphatic rings.